The number of halogens is 3. The van der Waals surface area contributed by atoms with E-state index >= 15 is 0 Å². The molecule has 2 aromatic heterocycles. The first-order chi connectivity index (χ1) is 11.4. The summed E-state index contributed by atoms with van der Waals surface area (Å²) in [4.78, 5) is 16.7. The fourth-order valence-corrected chi connectivity index (χ4v) is 2.41. The molecule has 24 heavy (non-hydrogen) atoms. The monoisotopic (exact) mass is 334 g/mol. The molecule has 0 fully saturated rings. The van der Waals surface area contributed by atoms with Gasteiger partial charge in [0.2, 0.25) is 0 Å². The Morgan fingerprint density at radius 1 is 1.17 bits per heavy atom. The Labute approximate surface area is 135 Å². The highest BCUT2D eigenvalue weighted by molar-refractivity contribution is 5.96. The minimum Gasteiger partial charge on any atom is -0.451 e. The molecule has 2 heterocycles. The van der Waals surface area contributed by atoms with E-state index < -0.39 is 18.8 Å². The molecule has 3 rings (SSSR count). The molecule has 0 bridgehead atoms. The van der Waals surface area contributed by atoms with E-state index in [0.717, 1.165) is 5.56 Å². The third-order valence-electron chi connectivity index (χ3n) is 3.45. The summed E-state index contributed by atoms with van der Waals surface area (Å²) in [6, 6.07) is 12.3. The highest BCUT2D eigenvalue weighted by Crippen LogP contribution is 2.27. The Bertz CT molecular complexity index is 886. The van der Waals surface area contributed by atoms with Crippen LogP contribution in [0.2, 0.25) is 0 Å². The molecule has 0 saturated carbocycles. The number of ether oxygens (including phenoxy) is 1. The molecule has 0 radical (unpaired) electrons. The van der Waals surface area contributed by atoms with Crippen molar-refractivity contribution in [1.82, 2.24) is 9.38 Å². The second kappa shape index (κ2) is 5.99. The van der Waals surface area contributed by atoms with Gasteiger partial charge in [0, 0.05) is 11.8 Å². The zero-order valence-electron chi connectivity index (χ0n) is 12.7. The molecule has 0 N–H and O–H groups in total. The molecule has 0 aliphatic carbocycles. The maximum absolute atomic E-state index is 12.4. The molecule has 4 nitrogen and oxygen atoms in total. The van der Waals surface area contributed by atoms with Crippen molar-refractivity contribution in [2.75, 3.05) is 6.61 Å². The van der Waals surface area contributed by atoms with Crippen molar-refractivity contribution in [2.24, 2.45) is 0 Å². The van der Waals surface area contributed by atoms with Crippen LogP contribution in [0.15, 0.2) is 48.7 Å². The number of aromatic nitrogens is 2. The van der Waals surface area contributed by atoms with Crippen LogP contribution in [0.3, 0.4) is 0 Å². The van der Waals surface area contributed by atoms with Gasteiger partial charge in [-0.1, -0.05) is 36.4 Å². The number of benzene rings is 1. The fraction of sp³-hybridized carbons (Fsp3) is 0.176. The predicted octanol–water partition coefficient (Wildman–Crippen LogP) is 4.03. The van der Waals surface area contributed by atoms with E-state index in [0.29, 0.717) is 11.2 Å². The Morgan fingerprint density at radius 3 is 2.54 bits per heavy atom. The van der Waals surface area contributed by atoms with E-state index in [-0.39, 0.29) is 11.4 Å². The highest BCUT2D eigenvalue weighted by Gasteiger charge is 2.31. The standard InChI is InChI=1S/C17H13F3N2O2/c1-11-6-5-9-22-14(16(23)24-10-17(18,19)20)13(21-15(11)22)12-7-3-2-4-8-12/h2-9H,10H2,1H3. The number of rotatable bonds is 3. The van der Waals surface area contributed by atoms with Crippen molar-refractivity contribution < 1.29 is 22.7 Å². The summed E-state index contributed by atoms with van der Waals surface area (Å²) in [6.45, 7) is 0.168. The zero-order valence-corrected chi connectivity index (χ0v) is 12.7. The summed E-state index contributed by atoms with van der Waals surface area (Å²) in [6.07, 6.45) is -3.01. The predicted molar refractivity (Wildman–Crippen MR) is 81.7 cm³/mol. The van der Waals surface area contributed by atoms with Crippen LogP contribution >= 0.6 is 0 Å². The number of hydrogen-bond donors (Lipinski definition) is 0. The molecule has 0 spiro atoms. The van der Waals surface area contributed by atoms with Crippen molar-refractivity contribution >= 4 is 11.6 Å². The third-order valence-corrected chi connectivity index (χ3v) is 3.45. The van der Waals surface area contributed by atoms with Gasteiger partial charge in [-0.15, -0.1) is 0 Å². The van der Waals surface area contributed by atoms with Crippen molar-refractivity contribution in [3.63, 3.8) is 0 Å². The van der Waals surface area contributed by atoms with Gasteiger partial charge >= 0.3 is 12.1 Å². The lowest BCUT2D eigenvalue weighted by atomic mass is 10.1. The van der Waals surface area contributed by atoms with Crippen molar-refractivity contribution in [1.29, 1.82) is 0 Å². The number of carbonyl (C=O) groups excluding carboxylic acids is 1. The van der Waals surface area contributed by atoms with E-state index in [4.69, 9.17) is 0 Å². The van der Waals surface area contributed by atoms with Crippen LogP contribution in [0.5, 0.6) is 0 Å². The normalized spacial score (nSPS) is 11.7. The van der Waals surface area contributed by atoms with Gasteiger partial charge < -0.3 is 4.74 Å². The fourth-order valence-electron chi connectivity index (χ4n) is 2.41. The van der Waals surface area contributed by atoms with E-state index in [2.05, 4.69) is 9.72 Å². The molecule has 0 aliphatic rings. The minimum absolute atomic E-state index is 0.0239. The van der Waals surface area contributed by atoms with E-state index in [1.807, 2.05) is 13.0 Å². The van der Waals surface area contributed by atoms with Crippen LogP contribution in [-0.2, 0) is 4.74 Å². The van der Waals surface area contributed by atoms with Gasteiger partial charge in [0.05, 0.1) is 0 Å². The summed E-state index contributed by atoms with van der Waals surface area (Å²) < 4.78 is 43.0. The van der Waals surface area contributed by atoms with Gasteiger partial charge in [-0.05, 0) is 18.6 Å². The number of hydrogen-bond acceptors (Lipinski definition) is 3. The van der Waals surface area contributed by atoms with Crippen molar-refractivity contribution in [2.45, 2.75) is 13.1 Å². The molecule has 7 heteroatoms. The Morgan fingerprint density at radius 2 is 1.88 bits per heavy atom. The number of imidazole rings is 1. The lowest BCUT2D eigenvalue weighted by molar-refractivity contribution is -0.161. The Hall–Kier alpha value is -2.83. The number of esters is 1. The molecular weight excluding hydrogens is 321 g/mol. The van der Waals surface area contributed by atoms with E-state index in [1.54, 1.807) is 42.6 Å². The van der Waals surface area contributed by atoms with Gasteiger partial charge in [-0.2, -0.15) is 13.2 Å². The highest BCUT2D eigenvalue weighted by atomic mass is 19.4. The Balaban J connectivity index is 2.14. The van der Waals surface area contributed by atoms with Crippen LogP contribution in [-0.4, -0.2) is 28.1 Å². The second-order valence-electron chi connectivity index (χ2n) is 5.25. The molecule has 0 atom stereocenters. The molecule has 3 aromatic rings. The minimum atomic E-state index is -4.58. The van der Waals surface area contributed by atoms with Gasteiger partial charge in [0.1, 0.15) is 11.3 Å². The lowest BCUT2D eigenvalue weighted by Crippen LogP contribution is -2.21. The van der Waals surface area contributed by atoms with Crippen LogP contribution in [0, 0.1) is 6.92 Å². The number of fused-ring (bicyclic) bond motifs is 1. The van der Waals surface area contributed by atoms with Gasteiger partial charge in [0.25, 0.3) is 0 Å². The topological polar surface area (TPSA) is 43.6 Å². The van der Waals surface area contributed by atoms with Crippen LogP contribution < -0.4 is 0 Å². The summed E-state index contributed by atoms with van der Waals surface area (Å²) in [5.74, 6) is -1.07. The lowest BCUT2D eigenvalue weighted by Gasteiger charge is -2.09. The number of carbonyl (C=O) groups is 1. The van der Waals surface area contributed by atoms with Gasteiger partial charge in [-0.3, -0.25) is 4.40 Å². The van der Waals surface area contributed by atoms with Crippen molar-refractivity contribution in [3.05, 3.63) is 59.9 Å². The molecule has 0 amide bonds. The largest absolute Gasteiger partial charge is 0.451 e. The molecule has 1 aromatic carbocycles. The first-order valence-corrected chi connectivity index (χ1v) is 7.14. The second-order valence-corrected chi connectivity index (χ2v) is 5.25. The van der Waals surface area contributed by atoms with Gasteiger partial charge in [-0.25, -0.2) is 9.78 Å². The number of nitrogens with zero attached hydrogens (tertiary/aromatic N) is 2. The Kier molecular flexibility index (Phi) is 4.01. The van der Waals surface area contributed by atoms with Crippen LogP contribution in [0.1, 0.15) is 16.1 Å². The third kappa shape index (κ3) is 3.10. The molecular formula is C17H13F3N2O2. The quantitative estimate of drug-likeness (QED) is 0.679. The number of pyridine rings is 1. The molecule has 0 aliphatic heterocycles. The van der Waals surface area contributed by atoms with Crippen LogP contribution in [0.25, 0.3) is 16.9 Å². The van der Waals surface area contributed by atoms with Gasteiger partial charge in [0.15, 0.2) is 12.3 Å². The average molecular weight is 334 g/mol. The smallest absolute Gasteiger partial charge is 0.422 e. The summed E-state index contributed by atoms with van der Waals surface area (Å²) in [5.41, 5.74) is 2.18. The van der Waals surface area contributed by atoms with E-state index in [9.17, 15) is 18.0 Å². The SMILES string of the molecule is Cc1cccn2c(C(=O)OCC(F)(F)F)c(-c3ccccc3)nc12. The zero-order chi connectivity index (χ0) is 17.3. The van der Waals surface area contributed by atoms with Crippen molar-refractivity contribution in [3.8, 4) is 11.3 Å². The summed E-state index contributed by atoms with van der Waals surface area (Å²) in [7, 11) is 0. The summed E-state index contributed by atoms with van der Waals surface area (Å²) in [5, 5.41) is 0. The molecule has 0 unspecified atom stereocenters. The molecule has 0 saturated heterocycles. The first kappa shape index (κ1) is 16.0. The van der Waals surface area contributed by atoms with E-state index in [1.165, 1.54) is 4.40 Å². The molecule has 124 valence electrons. The maximum atomic E-state index is 12.4. The summed E-state index contributed by atoms with van der Waals surface area (Å²) >= 11 is 0. The average Bonchev–Trinajstić information content (AvgIpc) is 2.94. The van der Waals surface area contributed by atoms with Crippen LogP contribution in [0.4, 0.5) is 13.2 Å². The number of alkyl halides is 3. The number of aryl methyl sites for hydroxylation is 1. The first-order valence-electron chi connectivity index (χ1n) is 7.14. The maximum Gasteiger partial charge on any atom is 0.422 e.